The summed E-state index contributed by atoms with van der Waals surface area (Å²) in [5.41, 5.74) is 4.30. The first-order valence-corrected chi connectivity index (χ1v) is 11.1. The second-order valence-electron chi connectivity index (χ2n) is 8.43. The normalized spacial score (nSPS) is 17.3. The summed E-state index contributed by atoms with van der Waals surface area (Å²) in [6.07, 6.45) is 6.05. The van der Waals surface area contributed by atoms with E-state index < -0.39 is 0 Å². The van der Waals surface area contributed by atoms with E-state index in [2.05, 4.69) is 27.8 Å². The number of aryl methyl sites for hydroxylation is 1. The van der Waals surface area contributed by atoms with Crippen molar-refractivity contribution < 1.29 is 9.59 Å². The van der Waals surface area contributed by atoms with Crippen LogP contribution in [-0.2, 0) is 23.1 Å². The van der Waals surface area contributed by atoms with Gasteiger partial charge in [0.2, 0.25) is 0 Å². The van der Waals surface area contributed by atoms with Crippen LogP contribution in [0.5, 0.6) is 0 Å². The van der Waals surface area contributed by atoms with Gasteiger partial charge in [0.15, 0.2) is 0 Å². The molecule has 1 fully saturated rings. The van der Waals surface area contributed by atoms with E-state index in [1.165, 1.54) is 16.7 Å². The second-order valence-corrected chi connectivity index (χ2v) is 8.43. The van der Waals surface area contributed by atoms with Gasteiger partial charge in [0.1, 0.15) is 5.70 Å². The van der Waals surface area contributed by atoms with Crippen LogP contribution in [0.15, 0.2) is 66.5 Å². The number of benzene rings is 2. The Labute approximate surface area is 182 Å². The topological polar surface area (TPSA) is 45.6 Å². The number of amides is 2. The molecule has 3 aromatic rings. The minimum absolute atomic E-state index is 0.147. The maximum Gasteiger partial charge on any atom is 0.277 e. The van der Waals surface area contributed by atoms with Gasteiger partial charge in [-0.2, -0.15) is 0 Å². The van der Waals surface area contributed by atoms with E-state index in [1.807, 2.05) is 49.5 Å². The van der Waals surface area contributed by atoms with Crippen molar-refractivity contribution >= 4 is 28.3 Å². The summed E-state index contributed by atoms with van der Waals surface area (Å²) in [6.45, 7) is 2.06. The summed E-state index contributed by atoms with van der Waals surface area (Å²) in [4.78, 5) is 30.5. The van der Waals surface area contributed by atoms with Crippen LogP contribution < -0.4 is 0 Å². The van der Waals surface area contributed by atoms with Crippen LogP contribution in [-0.4, -0.2) is 45.8 Å². The summed E-state index contributed by atoms with van der Waals surface area (Å²) >= 11 is 0. The number of fused-ring (bicyclic) bond motifs is 1. The average Bonchev–Trinajstić information content (AvgIpc) is 3.26. The number of para-hydroxylation sites is 1. The monoisotopic (exact) mass is 413 g/mol. The molecule has 0 bridgehead atoms. The highest BCUT2D eigenvalue weighted by Crippen LogP contribution is 2.33. The summed E-state index contributed by atoms with van der Waals surface area (Å²) < 4.78 is 2.10. The zero-order valence-electron chi connectivity index (χ0n) is 17.9. The zero-order chi connectivity index (χ0) is 21.4. The Morgan fingerprint density at radius 2 is 1.55 bits per heavy atom. The largest absolute Gasteiger partial charge is 0.366 e. The number of likely N-dealkylation sites (tertiary alicyclic amines) is 1. The molecule has 31 heavy (non-hydrogen) atoms. The highest BCUT2D eigenvalue weighted by Gasteiger charge is 2.41. The van der Waals surface area contributed by atoms with Gasteiger partial charge in [-0.05, 0) is 42.9 Å². The number of carbonyl (C=O) groups excluding carboxylic acids is 2. The number of nitrogens with zero attached hydrogens (tertiary/aromatic N) is 3. The lowest BCUT2D eigenvalue weighted by molar-refractivity contribution is -0.137. The molecule has 5 rings (SSSR count). The molecular weight excluding hydrogens is 386 g/mol. The van der Waals surface area contributed by atoms with Gasteiger partial charge in [-0.1, -0.05) is 48.5 Å². The van der Waals surface area contributed by atoms with Crippen LogP contribution in [0.1, 0.15) is 30.4 Å². The van der Waals surface area contributed by atoms with Crippen LogP contribution in [0.25, 0.3) is 16.5 Å². The number of aromatic nitrogens is 1. The Kier molecular flexibility index (Phi) is 5.10. The number of carbonyl (C=O) groups is 2. The van der Waals surface area contributed by atoms with Gasteiger partial charge in [0, 0.05) is 43.8 Å². The van der Waals surface area contributed by atoms with Crippen molar-refractivity contribution in [3.05, 3.63) is 77.6 Å². The van der Waals surface area contributed by atoms with E-state index in [1.54, 1.807) is 0 Å². The minimum Gasteiger partial charge on any atom is -0.366 e. The fourth-order valence-electron chi connectivity index (χ4n) is 4.90. The SMILES string of the molecule is Cn1cc(CCN2C(=O)C(c3ccccc3)=C(N3CCCCC3)C2=O)c2ccccc21. The molecule has 0 atom stereocenters. The molecule has 0 radical (unpaired) electrons. The highest BCUT2D eigenvalue weighted by molar-refractivity contribution is 6.35. The van der Waals surface area contributed by atoms with Crippen LogP contribution >= 0.6 is 0 Å². The van der Waals surface area contributed by atoms with Crippen molar-refractivity contribution in [3.8, 4) is 0 Å². The van der Waals surface area contributed by atoms with Gasteiger partial charge in [-0.3, -0.25) is 14.5 Å². The fourth-order valence-corrected chi connectivity index (χ4v) is 4.90. The first-order chi connectivity index (χ1) is 15.1. The van der Waals surface area contributed by atoms with Gasteiger partial charge >= 0.3 is 0 Å². The molecule has 0 saturated carbocycles. The molecule has 3 heterocycles. The molecule has 2 aromatic carbocycles. The summed E-state index contributed by atoms with van der Waals surface area (Å²) in [5, 5.41) is 1.18. The lowest BCUT2D eigenvalue weighted by Gasteiger charge is -2.29. The summed E-state index contributed by atoms with van der Waals surface area (Å²) in [7, 11) is 2.03. The highest BCUT2D eigenvalue weighted by atomic mass is 16.2. The van der Waals surface area contributed by atoms with Crippen LogP contribution in [0.4, 0.5) is 0 Å². The van der Waals surface area contributed by atoms with Gasteiger partial charge in [0.25, 0.3) is 11.8 Å². The Morgan fingerprint density at radius 3 is 2.32 bits per heavy atom. The summed E-state index contributed by atoms with van der Waals surface area (Å²) in [6, 6.07) is 17.9. The first kappa shape index (κ1) is 19.6. The first-order valence-electron chi connectivity index (χ1n) is 11.1. The number of piperidine rings is 1. The van der Waals surface area contributed by atoms with E-state index in [-0.39, 0.29) is 11.8 Å². The van der Waals surface area contributed by atoms with Crippen molar-refractivity contribution in [2.24, 2.45) is 7.05 Å². The smallest absolute Gasteiger partial charge is 0.277 e. The van der Waals surface area contributed by atoms with Crippen LogP contribution in [0.2, 0.25) is 0 Å². The third kappa shape index (κ3) is 3.44. The van der Waals surface area contributed by atoms with Gasteiger partial charge < -0.3 is 9.47 Å². The van der Waals surface area contributed by atoms with E-state index in [0.717, 1.165) is 42.6 Å². The number of rotatable bonds is 5. The molecule has 0 spiro atoms. The Hall–Kier alpha value is -3.34. The molecule has 1 saturated heterocycles. The predicted octanol–water partition coefficient (Wildman–Crippen LogP) is 3.99. The van der Waals surface area contributed by atoms with Crippen LogP contribution in [0, 0.1) is 0 Å². The maximum absolute atomic E-state index is 13.5. The van der Waals surface area contributed by atoms with Crippen molar-refractivity contribution in [1.82, 2.24) is 14.4 Å². The van der Waals surface area contributed by atoms with E-state index in [9.17, 15) is 9.59 Å². The lowest BCUT2D eigenvalue weighted by Crippen LogP contribution is -2.38. The van der Waals surface area contributed by atoms with Crippen LogP contribution in [0.3, 0.4) is 0 Å². The fraction of sp³-hybridized carbons (Fsp3) is 0.308. The Balaban J connectivity index is 1.45. The number of imide groups is 1. The van der Waals surface area contributed by atoms with Crippen molar-refractivity contribution in [2.45, 2.75) is 25.7 Å². The van der Waals surface area contributed by atoms with E-state index >= 15 is 0 Å². The molecule has 0 unspecified atom stereocenters. The van der Waals surface area contributed by atoms with Crippen molar-refractivity contribution in [1.29, 1.82) is 0 Å². The Bertz CT molecular complexity index is 1170. The molecule has 2 aliphatic rings. The van der Waals surface area contributed by atoms with Crippen molar-refractivity contribution in [3.63, 3.8) is 0 Å². The molecule has 2 aliphatic heterocycles. The standard InChI is InChI=1S/C26H27N3O2/c1-27-18-20(21-12-6-7-13-22(21)27)14-17-29-25(30)23(19-10-4-2-5-11-19)24(26(29)31)28-15-8-3-9-16-28/h2,4-7,10-13,18H,3,8-9,14-17H2,1H3. The van der Waals surface area contributed by atoms with Gasteiger partial charge in [0.05, 0.1) is 5.57 Å². The molecule has 5 nitrogen and oxygen atoms in total. The molecule has 0 N–H and O–H groups in total. The minimum atomic E-state index is -0.169. The maximum atomic E-state index is 13.5. The molecule has 0 aliphatic carbocycles. The quantitative estimate of drug-likeness (QED) is 0.594. The molecule has 2 amide bonds. The van der Waals surface area contributed by atoms with Crippen molar-refractivity contribution in [2.75, 3.05) is 19.6 Å². The lowest BCUT2D eigenvalue weighted by atomic mass is 10.0. The zero-order valence-corrected chi connectivity index (χ0v) is 17.9. The Morgan fingerprint density at radius 1 is 0.839 bits per heavy atom. The van der Waals surface area contributed by atoms with E-state index in [0.29, 0.717) is 24.2 Å². The third-order valence-electron chi connectivity index (χ3n) is 6.46. The molecular formula is C26H27N3O2. The predicted molar refractivity (Wildman–Crippen MR) is 122 cm³/mol. The van der Waals surface area contributed by atoms with E-state index in [4.69, 9.17) is 0 Å². The summed E-state index contributed by atoms with van der Waals surface area (Å²) in [5.74, 6) is -0.317. The number of hydrogen-bond acceptors (Lipinski definition) is 3. The molecule has 1 aromatic heterocycles. The third-order valence-corrected chi connectivity index (χ3v) is 6.46. The van der Waals surface area contributed by atoms with Gasteiger partial charge in [-0.25, -0.2) is 0 Å². The molecule has 5 heteroatoms. The van der Waals surface area contributed by atoms with Gasteiger partial charge in [-0.15, -0.1) is 0 Å². The molecule has 158 valence electrons. The second kappa shape index (κ2) is 8.06. The average molecular weight is 414 g/mol. The number of hydrogen-bond donors (Lipinski definition) is 0.